The van der Waals surface area contributed by atoms with Crippen molar-refractivity contribution in [2.45, 2.75) is 52.0 Å². The molecule has 0 radical (unpaired) electrons. The highest BCUT2D eigenvalue weighted by molar-refractivity contribution is 5.93. The minimum atomic E-state index is -0.544. The summed E-state index contributed by atoms with van der Waals surface area (Å²) in [5.74, 6) is -0.435. The van der Waals surface area contributed by atoms with E-state index in [1.807, 2.05) is 13.8 Å². The molecule has 0 aromatic heterocycles. The van der Waals surface area contributed by atoms with Crippen LogP contribution in [0.15, 0.2) is 24.3 Å². The summed E-state index contributed by atoms with van der Waals surface area (Å²) in [4.78, 5) is 23.8. The number of amides is 2. The lowest BCUT2D eigenvalue weighted by Gasteiger charge is -2.33. The molecule has 0 heterocycles. The average Bonchev–Trinajstić information content (AvgIpc) is 2.54. The van der Waals surface area contributed by atoms with E-state index in [4.69, 9.17) is 5.21 Å². The lowest BCUT2D eigenvalue weighted by molar-refractivity contribution is -0.132. The summed E-state index contributed by atoms with van der Waals surface area (Å²) in [6.45, 7) is 3.98. The van der Waals surface area contributed by atoms with Crippen molar-refractivity contribution in [2.75, 3.05) is 0 Å². The topological polar surface area (TPSA) is 78.4 Å². The fourth-order valence-electron chi connectivity index (χ4n) is 3.00. The molecule has 0 spiro atoms. The predicted octanol–water partition coefficient (Wildman–Crippen LogP) is 2.95. The van der Waals surface area contributed by atoms with E-state index in [0.29, 0.717) is 5.56 Å². The third kappa shape index (κ3) is 3.65. The van der Waals surface area contributed by atoms with Gasteiger partial charge in [0.1, 0.15) is 0 Å². The molecular weight excluding hydrogens is 280 g/mol. The summed E-state index contributed by atoms with van der Waals surface area (Å²) < 4.78 is 0. The number of hydrogen-bond acceptors (Lipinski definition) is 3. The maximum atomic E-state index is 12.5. The van der Waals surface area contributed by atoms with Crippen molar-refractivity contribution in [1.82, 2.24) is 10.8 Å². The zero-order valence-electron chi connectivity index (χ0n) is 13.2. The monoisotopic (exact) mass is 304 g/mol. The zero-order chi connectivity index (χ0) is 16.2. The summed E-state index contributed by atoms with van der Waals surface area (Å²) >= 11 is 0. The second-order valence-electron chi connectivity index (χ2n) is 6.38. The van der Waals surface area contributed by atoms with E-state index in [0.717, 1.165) is 31.2 Å². The number of benzene rings is 1. The van der Waals surface area contributed by atoms with Crippen LogP contribution in [-0.4, -0.2) is 17.0 Å². The van der Waals surface area contributed by atoms with E-state index < -0.39 is 5.91 Å². The van der Waals surface area contributed by atoms with Crippen LogP contribution in [0.3, 0.4) is 0 Å². The number of carbonyl (C=O) groups is 2. The normalized spacial score (nSPS) is 18.3. The van der Waals surface area contributed by atoms with Gasteiger partial charge in [-0.3, -0.25) is 14.8 Å². The number of hydrogen-bond donors (Lipinski definition) is 3. The van der Waals surface area contributed by atoms with Crippen LogP contribution in [0.1, 0.15) is 67.9 Å². The molecule has 3 N–H and O–H groups in total. The molecule has 1 fully saturated rings. The highest BCUT2D eigenvalue weighted by Gasteiger charge is 2.35. The Labute approximate surface area is 131 Å². The first-order valence-electron chi connectivity index (χ1n) is 7.82. The van der Waals surface area contributed by atoms with Crippen molar-refractivity contribution < 1.29 is 14.8 Å². The van der Waals surface area contributed by atoms with Gasteiger partial charge < -0.3 is 5.32 Å². The van der Waals surface area contributed by atoms with Gasteiger partial charge in [-0.1, -0.05) is 38.3 Å². The highest BCUT2D eigenvalue weighted by atomic mass is 16.5. The molecule has 2 rings (SSSR count). The van der Waals surface area contributed by atoms with Crippen LogP contribution in [0.4, 0.5) is 0 Å². The first kappa shape index (κ1) is 16.5. The Morgan fingerprint density at radius 2 is 1.73 bits per heavy atom. The van der Waals surface area contributed by atoms with Gasteiger partial charge in [-0.15, -0.1) is 0 Å². The molecule has 0 saturated heterocycles. The SMILES string of the molecule is C[C@H](NC(=O)C1(C)CCCCC1)c1ccc(C(=O)NO)cc1. The average molecular weight is 304 g/mol. The predicted molar refractivity (Wildman–Crippen MR) is 83.4 cm³/mol. The van der Waals surface area contributed by atoms with Gasteiger partial charge in [0.05, 0.1) is 6.04 Å². The summed E-state index contributed by atoms with van der Waals surface area (Å²) in [5, 5.41) is 11.7. The second-order valence-corrected chi connectivity index (χ2v) is 6.38. The Hall–Kier alpha value is -1.88. The second kappa shape index (κ2) is 6.92. The third-order valence-electron chi connectivity index (χ3n) is 4.63. The molecule has 1 saturated carbocycles. The van der Waals surface area contributed by atoms with E-state index >= 15 is 0 Å². The van der Waals surface area contributed by atoms with Gasteiger partial charge in [0, 0.05) is 11.0 Å². The largest absolute Gasteiger partial charge is 0.349 e. The molecule has 1 aromatic rings. The van der Waals surface area contributed by atoms with Crippen LogP contribution in [0.5, 0.6) is 0 Å². The van der Waals surface area contributed by atoms with Gasteiger partial charge in [-0.2, -0.15) is 0 Å². The van der Waals surface area contributed by atoms with E-state index in [9.17, 15) is 9.59 Å². The summed E-state index contributed by atoms with van der Waals surface area (Å²) in [6.07, 6.45) is 5.33. The Balaban J connectivity index is 2.00. The maximum absolute atomic E-state index is 12.5. The molecular formula is C17H24N2O3. The molecule has 22 heavy (non-hydrogen) atoms. The number of carbonyl (C=O) groups excluding carboxylic acids is 2. The lowest BCUT2D eigenvalue weighted by atomic mass is 9.75. The van der Waals surface area contributed by atoms with Crippen LogP contribution in [0.25, 0.3) is 0 Å². The molecule has 0 bridgehead atoms. The molecule has 1 aromatic carbocycles. The number of nitrogens with one attached hydrogen (secondary N) is 2. The third-order valence-corrected chi connectivity index (χ3v) is 4.63. The van der Waals surface area contributed by atoms with Crippen LogP contribution in [0, 0.1) is 5.41 Å². The first-order valence-corrected chi connectivity index (χ1v) is 7.82. The van der Waals surface area contributed by atoms with Gasteiger partial charge in [-0.25, -0.2) is 5.48 Å². The molecule has 120 valence electrons. The van der Waals surface area contributed by atoms with Crippen LogP contribution in [-0.2, 0) is 4.79 Å². The smallest absolute Gasteiger partial charge is 0.274 e. The molecule has 5 heteroatoms. The Morgan fingerprint density at radius 1 is 1.14 bits per heavy atom. The molecule has 1 atom stereocenters. The van der Waals surface area contributed by atoms with Crippen LogP contribution < -0.4 is 10.8 Å². The molecule has 2 amide bonds. The van der Waals surface area contributed by atoms with Gasteiger partial charge in [0.2, 0.25) is 5.91 Å². The van der Waals surface area contributed by atoms with Crippen molar-refractivity contribution in [2.24, 2.45) is 5.41 Å². The Morgan fingerprint density at radius 3 is 2.27 bits per heavy atom. The maximum Gasteiger partial charge on any atom is 0.274 e. The molecule has 5 nitrogen and oxygen atoms in total. The van der Waals surface area contributed by atoms with Crippen molar-refractivity contribution in [3.05, 3.63) is 35.4 Å². The standard InChI is InChI=1S/C17H24N2O3/c1-12(13-6-8-14(9-7-13)15(20)19-22)18-16(21)17(2)10-4-3-5-11-17/h6-9,12,22H,3-5,10-11H2,1-2H3,(H,18,21)(H,19,20)/t12-/m0/s1. The van der Waals surface area contributed by atoms with Gasteiger partial charge in [0.15, 0.2) is 0 Å². The summed E-state index contributed by atoms with van der Waals surface area (Å²) in [6, 6.07) is 6.73. The van der Waals surface area contributed by atoms with Crippen molar-refractivity contribution in [3.8, 4) is 0 Å². The summed E-state index contributed by atoms with van der Waals surface area (Å²) in [5.41, 5.74) is 2.65. The first-order chi connectivity index (χ1) is 10.5. The van der Waals surface area contributed by atoms with Crippen LogP contribution >= 0.6 is 0 Å². The fraction of sp³-hybridized carbons (Fsp3) is 0.529. The summed E-state index contributed by atoms with van der Waals surface area (Å²) in [7, 11) is 0. The highest BCUT2D eigenvalue weighted by Crippen LogP contribution is 2.36. The van der Waals surface area contributed by atoms with Crippen molar-refractivity contribution in [1.29, 1.82) is 0 Å². The van der Waals surface area contributed by atoms with E-state index in [1.165, 1.54) is 6.42 Å². The van der Waals surface area contributed by atoms with E-state index in [-0.39, 0.29) is 17.4 Å². The van der Waals surface area contributed by atoms with Gasteiger partial charge in [-0.05, 0) is 37.5 Å². The Kier molecular flexibility index (Phi) is 5.19. The molecule has 1 aliphatic carbocycles. The fourth-order valence-corrected chi connectivity index (χ4v) is 3.00. The lowest BCUT2D eigenvalue weighted by Crippen LogP contribution is -2.41. The Bertz CT molecular complexity index is 533. The minimum absolute atomic E-state index is 0.108. The quantitative estimate of drug-likeness (QED) is 0.591. The number of rotatable bonds is 4. The van der Waals surface area contributed by atoms with Gasteiger partial charge >= 0.3 is 0 Å². The van der Waals surface area contributed by atoms with E-state index in [1.54, 1.807) is 29.7 Å². The molecule has 0 unspecified atom stereocenters. The minimum Gasteiger partial charge on any atom is -0.349 e. The molecule has 1 aliphatic rings. The van der Waals surface area contributed by atoms with Gasteiger partial charge in [0.25, 0.3) is 5.91 Å². The molecule has 0 aliphatic heterocycles. The van der Waals surface area contributed by atoms with Crippen molar-refractivity contribution in [3.63, 3.8) is 0 Å². The van der Waals surface area contributed by atoms with Crippen molar-refractivity contribution >= 4 is 11.8 Å². The van der Waals surface area contributed by atoms with E-state index in [2.05, 4.69) is 5.32 Å². The van der Waals surface area contributed by atoms with Crippen LogP contribution in [0.2, 0.25) is 0 Å². The number of hydroxylamine groups is 1. The zero-order valence-corrected chi connectivity index (χ0v) is 13.2.